The molecule has 0 heterocycles. The molecule has 2 aromatic carbocycles. The fourth-order valence-corrected chi connectivity index (χ4v) is 3.90. The van der Waals surface area contributed by atoms with Crippen LogP contribution in [-0.4, -0.2) is 0 Å². The van der Waals surface area contributed by atoms with Crippen LogP contribution in [0.2, 0.25) is 0 Å². The highest BCUT2D eigenvalue weighted by Crippen LogP contribution is 2.34. The second-order valence-electron chi connectivity index (χ2n) is 6.04. The lowest BCUT2D eigenvalue weighted by Crippen LogP contribution is -2.02. The van der Waals surface area contributed by atoms with Gasteiger partial charge in [-0.1, -0.05) is 53.5 Å². The molecule has 0 saturated heterocycles. The Labute approximate surface area is 141 Å². The van der Waals surface area contributed by atoms with Crippen molar-refractivity contribution in [2.45, 2.75) is 25.7 Å². The van der Waals surface area contributed by atoms with Gasteiger partial charge in [0.2, 0.25) is 0 Å². The van der Waals surface area contributed by atoms with Crippen LogP contribution in [0, 0.1) is 0 Å². The van der Waals surface area contributed by atoms with E-state index in [1.165, 1.54) is 27.8 Å². The Kier molecular flexibility index (Phi) is 3.60. The minimum atomic E-state index is 0.781. The number of aryl methyl sites for hydroxylation is 4. The van der Waals surface area contributed by atoms with E-state index in [-0.39, 0.29) is 0 Å². The number of allylic oxidation sites excluding steroid dienone is 2. The van der Waals surface area contributed by atoms with Gasteiger partial charge in [-0.25, -0.2) is 0 Å². The summed E-state index contributed by atoms with van der Waals surface area (Å²) in [6.07, 6.45) is 6.10. The zero-order chi connectivity index (χ0) is 15.1. The summed E-state index contributed by atoms with van der Waals surface area (Å²) in [6, 6.07) is 13.5. The summed E-state index contributed by atoms with van der Waals surface area (Å²) >= 11 is 12.8. The van der Waals surface area contributed by atoms with Crippen LogP contribution in [-0.2, 0) is 25.7 Å². The van der Waals surface area contributed by atoms with Crippen LogP contribution in [0.15, 0.2) is 48.0 Å². The molecule has 4 bridgehead atoms. The highest BCUT2D eigenvalue weighted by molar-refractivity contribution is 6.50. The van der Waals surface area contributed by atoms with E-state index in [0.29, 0.717) is 0 Å². The maximum Gasteiger partial charge on any atom is 0.0487 e. The van der Waals surface area contributed by atoms with E-state index in [2.05, 4.69) is 36.4 Å². The van der Waals surface area contributed by atoms with Crippen molar-refractivity contribution < 1.29 is 0 Å². The average molecular weight is 327 g/mol. The molecule has 0 nitrogen and oxygen atoms in total. The standard InChI is InChI=1S/C20H16Cl2/c21-12-17-11-20(22)19-10-14-2-1-13-3-5-15(18(17)9-13)7-8-16(19)6-4-14/h3-6,9-12H,1-2,7-8H2/b17-12+,20-11+. The highest BCUT2D eigenvalue weighted by atomic mass is 35.5. The molecule has 0 unspecified atom stereocenters. The average Bonchev–Trinajstić information content (AvgIpc) is 2.58. The first-order chi connectivity index (χ1) is 10.7. The van der Waals surface area contributed by atoms with Crippen LogP contribution in [0.1, 0.15) is 33.4 Å². The summed E-state index contributed by atoms with van der Waals surface area (Å²) < 4.78 is 0. The Balaban J connectivity index is 2.07. The molecule has 0 saturated carbocycles. The normalized spacial score (nSPS) is 20.5. The Morgan fingerprint density at radius 2 is 1.36 bits per heavy atom. The summed E-state index contributed by atoms with van der Waals surface area (Å²) in [5, 5.41) is 0.781. The Morgan fingerprint density at radius 3 is 2.00 bits per heavy atom. The molecule has 0 N–H and O–H groups in total. The van der Waals surface area contributed by atoms with Gasteiger partial charge in [0.05, 0.1) is 0 Å². The molecule has 2 aliphatic rings. The largest absolute Gasteiger partial charge is 0.0923 e. The molecule has 2 aliphatic carbocycles. The van der Waals surface area contributed by atoms with Crippen molar-refractivity contribution >= 4 is 33.8 Å². The molecule has 0 atom stereocenters. The molecule has 0 aromatic heterocycles. The van der Waals surface area contributed by atoms with Crippen molar-refractivity contribution in [1.29, 1.82) is 0 Å². The highest BCUT2D eigenvalue weighted by Gasteiger charge is 2.16. The van der Waals surface area contributed by atoms with Crippen molar-refractivity contribution in [1.82, 2.24) is 0 Å². The van der Waals surface area contributed by atoms with Crippen molar-refractivity contribution in [3.05, 3.63) is 81.4 Å². The van der Waals surface area contributed by atoms with E-state index in [0.717, 1.165) is 41.9 Å². The van der Waals surface area contributed by atoms with Gasteiger partial charge in [-0.2, -0.15) is 0 Å². The minimum absolute atomic E-state index is 0.781. The maximum absolute atomic E-state index is 6.64. The molecule has 0 amide bonds. The fourth-order valence-electron chi connectivity index (χ4n) is 3.43. The van der Waals surface area contributed by atoms with Gasteiger partial charge in [0.1, 0.15) is 0 Å². The molecule has 0 radical (unpaired) electrons. The van der Waals surface area contributed by atoms with Crippen molar-refractivity contribution in [3.8, 4) is 0 Å². The van der Waals surface area contributed by atoms with Gasteiger partial charge in [0.15, 0.2) is 0 Å². The first kappa shape index (κ1) is 14.1. The predicted molar refractivity (Wildman–Crippen MR) is 95.4 cm³/mol. The van der Waals surface area contributed by atoms with Gasteiger partial charge in [0.25, 0.3) is 0 Å². The quantitative estimate of drug-likeness (QED) is 0.578. The number of benzene rings is 2. The first-order valence-corrected chi connectivity index (χ1v) is 8.48. The Bertz CT molecular complexity index is 812. The van der Waals surface area contributed by atoms with Crippen molar-refractivity contribution in [2.24, 2.45) is 0 Å². The molecule has 0 fully saturated rings. The number of hydrogen-bond acceptors (Lipinski definition) is 0. The summed E-state index contributed by atoms with van der Waals surface area (Å²) in [6.45, 7) is 0. The van der Waals surface area contributed by atoms with Crippen molar-refractivity contribution in [2.75, 3.05) is 0 Å². The van der Waals surface area contributed by atoms with Gasteiger partial charge in [0, 0.05) is 10.6 Å². The third kappa shape index (κ3) is 2.41. The second kappa shape index (κ2) is 5.61. The third-order valence-electron chi connectivity index (χ3n) is 4.68. The SMILES string of the molecule is Cl/C=C1\C=C(\Cl)c2cc3ccc2CCc2ccc(cc21)CC3. The maximum atomic E-state index is 6.64. The van der Waals surface area contributed by atoms with E-state index >= 15 is 0 Å². The molecule has 4 rings (SSSR count). The van der Waals surface area contributed by atoms with Crippen LogP contribution in [0.25, 0.3) is 10.6 Å². The van der Waals surface area contributed by atoms with Crippen molar-refractivity contribution in [3.63, 3.8) is 0 Å². The molecular weight excluding hydrogens is 311 g/mol. The first-order valence-electron chi connectivity index (χ1n) is 7.66. The van der Waals surface area contributed by atoms with E-state index < -0.39 is 0 Å². The lowest BCUT2D eigenvalue weighted by Gasteiger charge is -2.14. The van der Waals surface area contributed by atoms with Gasteiger partial charge in [-0.05, 0) is 76.8 Å². The van der Waals surface area contributed by atoms with E-state index in [1.807, 2.05) is 6.08 Å². The van der Waals surface area contributed by atoms with E-state index in [1.54, 1.807) is 5.54 Å². The van der Waals surface area contributed by atoms with Gasteiger partial charge < -0.3 is 0 Å². The third-order valence-corrected chi connectivity index (χ3v) is 5.23. The van der Waals surface area contributed by atoms with Crippen LogP contribution in [0.5, 0.6) is 0 Å². The number of hydrogen-bond donors (Lipinski definition) is 0. The summed E-state index contributed by atoms with van der Waals surface area (Å²) in [7, 11) is 0. The lowest BCUT2D eigenvalue weighted by molar-refractivity contribution is 0.917. The summed E-state index contributed by atoms with van der Waals surface area (Å²) in [4.78, 5) is 0. The van der Waals surface area contributed by atoms with Crippen LogP contribution >= 0.6 is 23.2 Å². The Hall–Kier alpha value is -1.50. The monoisotopic (exact) mass is 326 g/mol. The molecular formula is C20H16Cl2. The molecule has 2 heteroatoms. The number of fused-ring (bicyclic) bond motifs is 3. The van der Waals surface area contributed by atoms with Crippen LogP contribution in [0.4, 0.5) is 0 Å². The van der Waals surface area contributed by atoms with Gasteiger partial charge in [-0.15, -0.1) is 0 Å². The lowest BCUT2D eigenvalue weighted by atomic mass is 9.91. The summed E-state index contributed by atoms with van der Waals surface area (Å²) in [5.41, 5.74) is 10.4. The second-order valence-corrected chi connectivity index (χ2v) is 6.67. The molecule has 0 aliphatic heterocycles. The number of halogens is 2. The smallest absolute Gasteiger partial charge is 0.0487 e. The zero-order valence-corrected chi connectivity index (χ0v) is 13.7. The molecule has 110 valence electrons. The zero-order valence-electron chi connectivity index (χ0n) is 12.2. The van der Waals surface area contributed by atoms with Gasteiger partial charge >= 0.3 is 0 Å². The van der Waals surface area contributed by atoms with Gasteiger partial charge in [-0.3, -0.25) is 0 Å². The number of rotatable bonds is 0. The fraction of sp³-hybridized carbons (Fsp3) is 0.200. The molecule has 2 aromatic rings. The molecule has 22 heavy (non-hydrogen) atoms. The summed E-state index contributed by atoms with van der Waals surface area (Å²) in [5.74, 6) is 0. The molecule has 0 spiro atoms. The topological polar surface area (TPSA) is 0 Å². The van der Waals surface area contributed by atoms with E-state index in [9.17, 15) is 0 Å². The van der Waals surface area contributed by atoms with Crippen LogP contribution < -0.4 is 0 Å². The minimum Gasteiger partial charge on any atom is -0.0923 e. The van der Waals surface area contributed by atoms with E-state index in [4.69, 9.17) is 23.2 Å². The van der Waals surface area contributed by atoms with Crippen LogP contribution in [0.3, 0.4) is 0 Å². The Morgan fingerprint density at radius 1 is 0.773 bits per heavy atom. The predicted octanol–water partition coefficient (Wildman–Crippen LogP) is 5.74.